The van der Waals surface area contributed by atoms with Crippen molar-refractivity contribution in [3.63, 3.8) is 0 Å². The van der Waals surface area contributed by atoms with Gasteiger partial charge in [-0.3, -0.25) is 0 Å². The number of hydrogen-bond donors (Lipinski definition) is 0. The van der Waals surface area contributed by atoms with Crippen LogP contribution in [0.5, 0.6) is 0 Å². The van der Waals surface area contributed by atoms with Crippen LogP contribution in [0.25, 0.3) is 11.0 Å². The highest BCUT2D eigenvalue weighted by atomic mass is 79.9. The Balaban J connectivity index is 2.03. The molecule has 0 aliphatic carbocycles. The topological polar surface area (TPSA) is 37.2 Å². The van der Waals surface area contributed by atoms with Crippen molar-refractivity contribution in [2.75, 3.05) is 37.6 Å². The Labute approximate surface area is 127 Å². The second-order valence-corrected chi connectivity index (χ2v) is 6.16. The van der Waals surface area contributed by atoms with Crippen LogP contribution < -0.4 is 4.90 Å². The number of nitrogens with zero attached hydrogens (tertiary/aromatic N) is 5. The van der Waals surface area contributed by atoms with E-state index in [1.54, 1.807) is 0 Å². The average Bonchev–Trinajstić information content (AvgIpc) is 2.73. The van der Waals surface area contributed by atoms with E-state index in [0.717, 1.165) is 59.9 Å². The van der Waals surface area contributed by atoms with E-state index in [2.05, 4.69) is 48.4 Å². The second kappa shape index (κ2) is 5.33. The minimum Gasteiger partial charge on any atom is -0.353 e. The first-order valence-corrected chi connectivity index (χ1v) is 7.86. The van der Waals surface area contributed by atoms with Gasteiger partial charge in [0.25, 0.3) is 0 Å². The maximum atomic E-state index is 4.70. The number of rotatable bonds is 2. The fraction of sp³-hybridized carbons (Fsp3) is 0.571. The molecule has 3 heterocycles. The number of aromatic nitrogens is 3. The normalized spacial score (nSPS) is 17.1. The van der Waals surface area contributed by atoms with Gasteiger partial charge in [0, 0.05) is 43.9 Å². The summed E-state index contributed by atoms with van der Waals surface area (Å²) in [5.74, 6) is 1.90. The molecule has 5 nitrogen and oxygen atoms in total. The largest absolute Gasteiger partial charge is 0.353 e. The smallest absolute Gasteiger partial charge is 0.146 e. The first-order valence-electron chi connectivity index (χ1n) is 7.06. The van der Waals surface area contributed by atoms with E-state index < -0.39 is 0 Å². The van der Waals surface area contributed by atoms with E-state index in [-0.39, 0.29) is 0 Å². The molecule has 0 spiro atoms. The predicted octanol–water partition coefficient (Wildman–Crippen LogP) is 2.18. The maximum absolute atomic E-state index is 4.70. The number of fused-ring (bicyclic) bond motifs is 1. The monoisotopic (exact) mass is 337 g/mol. The van der Waals surface area contributed by atoms with Crippen molar-refractivity contribution in [2.45, 2.75) is 13.8 Å². The minimum absolute atomic E-state index is 0.833. The zero-order chi connectivity index (χ0) is 14.3. The summed E-state index contributed by atoms with van der Waals surface area (Å²) < 4.78 is 3.13. The lowest BCUT2D eigenvalue weighted by atomic mass is 10.2. The van der Waals surface area contributed by atoms with Crippen LogP contribution in [0.15, 0.2) is 10.7 Å². The van der Waals surface area contributed by atoms with Gasteiger partial charge in [-0.15, -0.1) is 0 Å². The Hall–Kier alpha value is -1.14. The van der Waals surface area contributed by atoms with Crippen molar-refractivity contribution in [1.82, 2.24) is 19.4 Å². The molecule has 0 amide bonds. The van der Waals surface area contributed by atoms with Crippen LogP contribution in [0.4, 0.5) is 5.82 Å². The number of halogens is 1. The summed E-state index contributed by atoms with van der Waals surface area (Å²) in [5.41, 5.74) is 0.997. The van der Waals surface area contributed by atoms with Crippen molar-refractivity contribution in [3.8, 4) is 0 Å². The van der Waals surface area contributed by atoms with Crippen LogP contribution in [-0.4, -0.2) is 52.2 Å². The van der Waals surface area contributed by atoms with Gasteiger partial charge in [-0.25, -0.2) is 9.97 Å². The fourth-order valence-corrected chi connectivity index (χ4v) is 3.47. The highest BCUT2D eigenvalue weighted by Gasteiger charge is 2.22. The fourth-order valence-electron chi connectivity index (χ4n) is 2.81. The van der Waals surface area contributed by atoms with Gasteiger partial charge in [-0.1, -0.05) is 6.92 Å². The summed E-state index contributed by atoms with van der Waals surface area (Å²) >= 11 is 3.65. The molecule has 1 fully saturated rings. The Kier molecular flexibility index (Phi) is 3.69. The highest BCUT2D eigenvalue weighted by Crippen LogP contribution is 2.32. The molecule has 1 aliphatic rings. The first-order chi connectivity index (χ1) is 9.60. The summed E-state index contributed by atoms with van der Waals surface area (Å²) in [7, 11) is 2.03. The quantitative estimate of drug-likeness (QED) is 0.841. The summed E-state index contributed by atoms with van der Waals surface area (Å²) in [4.78, 5) is 14.1. The lowest BCUT2D eigenvalue weighted by molar-refractivity contribution is 0.270. The Bertz CT molecular complexity index is 628. The standard InChI is InChI=1S/C14H20BrN5/c1-4-19-5-7-20(8-6-19)14-12-11(15)9-18(3)13(12)16-10(2)17-14/h9H,4-8H2,1-3H3. The Morgan fingerprint density at radius 1 is 1.20 bits per heavy atom. The van der Waals surface area contributed by atoms with Gasteiger partial charge in [-0.05, 0) is 29.4 Å². The van der Waals surface area contributed by atoms with E-state index in [1.165, 1.54) is 0 Å². The van der Waals surface area contributed by atoms with Crippen LogP contribution in [0.2, 0.25) is 0 Å². The van der Waals surface area contributed by atoms with Gasteiger partial charge in [0.05, 0.1) is 5.39 Å². The predicted molar refractivity (Wildman–Crippen MR) is 85.3 cm³/mol. The average molecular weight is 338 g/mol. The molecule has 2 aromatic rings. The molecular weight excluding hydrogens is 318 g/mol. The molecule has 3 rings (SSSR count). The molecule has 0 unspecified atom stereocenters. The number of hydrogen-bond acceptors (Lipinski definition) is 4. The Morgan fingerprint density at radius 2 is 1.90 bits per heavy atom. The molecule has 0 radical (unpaired) electrons. The summed E-state index contributed by atoms with van der Waals surface area (Å²) in [6.45, 7) is 9.57. The Morgan fingerprint density at radius 3 is 2.55 bits per heavy atom. The maximum Gasteiger partial charge on any atom is 0.146 e. The first kappa shape index (κ1) is 13.8. The van der Waals surface area contributed by atoms with Crippen molar-refractivity contribution >= 4 is 32.8 Å². The van der Waals surface area contributed by atoms with Gasteiger partial charge >= 0.3 is 0 Å². The van der Waals surface area contributed by atoms with Gasteiger partial charge in [-0.2, -0.15) is 0 Å². The van der Waals surface area contributed by atoms with Crippen LogP contribution in [0.1, 0.15) is 12.7 Å². The molecular formula is C14H20BrN5. The van der Waals surface area contributed by atoms with Gasteiger partial charge in [0.2, 0.25) is 0 Å². The third kappa shape index (κ3) is 2.31. The van der Waals surface area contributed by atoms with Crippen molar-refractivity contribution < 1.29 is 0 Å². The molecule has 0 atom stereocenters. The number of likely N-dealkylation sites (N-methyl/N-ethyl adjacent to an activating group) is 1. The SMILES string of the molecule is CCN1CCN(c2nc(C)nc3c2c(Br)cn3C)CC1. The molecule has 6 heteroatoms. The van der Waals surface area contributed by atoms with Crippen molar-refractivity contribution in [1.29, 1.82) is 0 Å². The summed E-state index contributed by atoms with van der Waals surface area (Å²) in [6, 6.07) is 0. The van der Waals surface area contributed by atoms with Crippen molar-refractivity contribution in [2.24, 2.45) is 7.05 Å². The number of aryl methyl sites for hydroxylation is 2. The molecule has 2 aromatic heterocycles. The van der Waals surface area contributed by atoms with Crippen LogP contribution >= 0.6 is 15.9 Å². The molecule has 1 saturated heterocycles. The number of piperazine rings is 1. The van der Waals surface area contributed by atoms with E-state index in [1.807, 2.05) is 14.0 Å². The second-order valence-electron chi connectivity index (χ2n) is 5.30. The lowest BCUT2D eigenvalue weighted by Gasteiger charge is -2.35. The molecule has 0 aromatic carbocycles. The zero-order valence-corrected chi connectivity index (χ0v) is 13.8. The minimum atomic E-state index is 0.833. The van der Waals surface area contributed by atoms with Gasteiger partial charge in [0.1, 0.15) is 17.3 Å². The third-order valence-corrected chi connectivity index (χ3v) is 4.58. The molecule has 1 aliphatic heterocycles. The van der Waals surface area contributed by atoms with Gasteiger partial charge < -0.3 is 14.4 Å². The summed E-state index contributed by atoms with van der Waals surface area (Å²) in [5, 5.41) is 1.13. The van der Waals surface area contributed by atoms with Crippen LogP contribution in [0.3, 0.4) is 0 Å². The third-order valence-electron chi connectivity index (χ3n) is 3.98. The van der Waals surface area contributed by atoms with Crippen LogP contribution in [0, 0.1) is 6.92 Å². The highest BCUT2D eigenvalue weighted by molar-refractivity contribution is 9.10. The zero-order valence-electron chi connectivity index (χ0n) is 12.2. The van der Waals surface area contributed by atoms with E-state index >= 15 is 0 Å². The van der Waals surface area contributed by atoms with Crippen molar-refractivity contribution in [3.05, 3.63) is 16.5 Å². The van der Waals surface area contributed by atoms with Gasteiger partial charge in [0.15, 0.2) is 0 Å². The molecule has 20 heavy (non-hydrogen) atoms. The van der Waals surface area contributed by atoms with Crippen LogP contribution in [-0.2, 0) is 7.05 Å². The van der Waals surface area contributed by atoms with E-state index in [9.17, 15) is 0 Å². The molecule has 108 valence electrons. The molecule has 0 saturated carbocycles. The number of anilines is 1. The molecule has 0 bridgehead atoms. The lowest BCUT2D eigenvalue weighted by Crippen LogP contribution is -2.46. The van der Waals surface area contributed by atoms with E-state index in [4.69, 9.17) is 4.98 Å². The molecule has 0 N–H and O–H groups in total. The summed E-state index contributed by atoms with van der Waals surface area (Å²) in [6.07, 6.45) is 2.06. The van der Waals surface area contributed by atoms with E-state index in [0.29, 0.717) is 0 Å².